The number of amides is 1. The maximum absolute atomic E-state index is 12.7. The lowest BCUT2D eigenvalue weighted by Crippen LogP contribution is -2.54. The van der Waals surface area contributed by atoms with Crippen LogP contribution in [0.3, 0.4) is 0 Å². The summed E-state index contributed by atoms with van der Waals surface area (Å²) in [6.07, 6.45) is 0.852. The molecule has 1 N–H and O–H groups in total. The first-order valence-electron chi connectivity index (χ1n) is 6.49. The quantitative estimate of drug-likeness (QED) is 0.847. The second kappa shape index (κ2) is 6.37. The molecule has 0 aliphatic carbocycles. The summed E-state index contributed by atoms with van der Waals surface area (Å²) >= 11 is 3.38. The first-order valence-corrected chi connectivity index (χ1v) is 7.28. The zero-order valence-corrected chi connectivity index (χ0v) is 13.2. The van der Waals surface area contributed by atoms with Crippen LogP contribution in [0.4, 0.5) is 5.69 Å². The number of carbonyl (C=O) groups is 2. The average Bonchev–Trinajstić information content (AvgIpc) is 2.46. The third kappa shape index (κ3) is 3.02. The van der Waals surface area contributed by atoms with Crippen LogP contribution in [-0.4, -0.2) is 61.8 Å². The van der Waals surface area contributed by atoms with Gasteiger partial charge in [-0.2, -0.15) is 0 Å². The molecule has 1 unspecified atom stereocenters. The summed E-state index contributed by atoms with van der Waals surface area (Å²) in [5.74, 6) is -0.110. The van der Waals surface area contributed by atoms with Gasteiger partial charge in [0, 0.05) is 36.8 Å². The summed E-state index contributed by atoms with van der Waals surface area (Å²) in [5.41, 5.74) is 1.35. The molecule has 1 aliphatic rings. The highest BCUT2D eigenvalue weighted by molar-refractivity contribution is 9.10. The summed E-state index contributed by atoms with van der Waals surface area (Å²) in [6.45, 7) is 1.92. The molecular formula is C14H18BrN3O2. The number of carbonyl (C=O) groups excluding carboxylic acids is 2. The van der Waals surface area contributed by atoms with Crippen LogP contribution in [0.5, 0.6) is 0 Å². The molecule has 1 fully saturated rings. The molecule has 0 saturated carbocycles. The number of benzene rings is 1. The summed E-state index contributed by atoms with van der Waals surface area (Å²) < 4.78 is 0.844. The molecule has 108 valence electrons. The van der Waals surface area contributed by atoms with E-state index in [0.717, 1.165) is 23.0 Å². The van der Waals surface area contributed by atoms with Crippen LogP contribution in [0.15, 0.2) is 22.7 Å². The lowest BCUT2D eigenvalue weighted by atomic mass is 10.1. The summed E-state index contributed by atoms with van der Waals surface area (Å²) in [6, 6.07) is 5.13. The predicted molar refractivity (Wildman–Crippen MR) is 82.1 cm³/mol. The van der Waals surface area contributed by atoms with Crippen LogP contribution in [0.25, 0.3) is 0 Å². The van der Waals surface area contributed by atoms with Gasteiger partial charge in [-0.25, -0.2) is 0 Å². The Kier molecular flexibility index (Phi) is 4.77. The molecular weight excluding hydrogens is 322 g/mol. The van der Waals surface area contributed by atoms with E-state index < -0.39 is 0 Å². The minimum absolute atomic E-state index is 0.110. The maximum atomic E-state index is 12.7. The van der Waals surface area contributed by atoms with Crippen molar-refractivity contribution in [1.82, 2.24) is 9.80 Å². The number of anilines is 1. The molecule has 6 heteroatoms. The van der Waals surface area contributed by atoms with Crippen LogP contribution in [0.2, 0.25) is 0 Å². The molecule has 1 aromatic carbocycles. The first-order chi connectivity index (χ1) is 9.56. The van der Waals surface area contributed by atoms with Gasteiger partial charge >= 0.3 is 0 Å². The van der Waals surface area contributed by atoms with Crippen molar-refractivity contribution < 1.29 is 9.59 Å². The Hall–Kier alpha value is -1.40. The van der Waals surface area contributed by atoms with Crippen molar-refractivity contribution in [2.45, 2.75) is 6.04 Å². The molecule has 0 radical (unpaired) electrons. The van der Waals surface area contributed by atoms with E-state index in [2.05, 4.69) is 26.1 Å². The lowest BCUT2D eigenvalue weighted by Gasteiger charge is -2.37. The molecule has 20 heavy (non-hydrogen) atoms. The fraction of sp³-hybridized carbons (Fsp3) is 0.429. The molecule has 1 amide bonds. The van der Waals surface area contributed by atoms with Crippen molar-refractivity contribution >= 4 is 33.8 Å². The zero-order valence-electron chi connectivity index (χ0n) is 11.6. The van der Waals surface area contributed by atoms with Crippen LogP contribution in [0.1, 0.15) is 10.4 Å². The maximum Gasteiger partial charge on any atom is 0.256 e. The number of hydrogen-bond acceptors (Lipinski definition) is 4. The van der Waals surface area contributed by atoms with E-state index in [9.17, 15) is 9.59 Å². The molecule has 1 aromatic rings. The van der Waals surface area contributed by atoms with Gasteiger partial charge in [0.2, 0.25) is 0 Å². The van der Waals surface area contributed by atoms with Gasteiger partial charge in [-0.15, -0.1) is 0 Å². The Bertz CT molecular complexity index is 521. The topological polar surface area (TPSA) is 52.7 Å². The highest BCUT2D eigenvalue weighted by Crippen LogP contribution is 2.23. The zero-order chi connectivity index (χ0) is 14.7. The Labute approximate surface area is 127 Å². The number of hydrogen-bond donors (Lipinski definition) is 1. The number of halogens is 1. The van der Waals surface area contributed by atoms with Crippen molar-refractivity contribution in [3.05, 3.63) is 28.2 Å². The molecule has 1 heterocycles. The molecule has 1 aliphatic heterocycles. The first kappa shape index (κ1) is 15.0. The van der Waals surface area contributed by atoms with Crippen LogP contribution < -0.4 is 5.32 Å². The number of piperazine rings is 1. The monoisotopic (exact) mass is 339 g/mol. The number of aldehydes is 1. The molecule has 1 saturated heterocycles. The molecule has 0 spiro atoms. The number of likely N-dealkylation sites (N-methyl/N-ethyl adjacent to an activating group) is 1. The number of nitrogens with zero attached hydrogens (tertiary/aromatic N) is 2. The van der Waals surface area contributed by atoms with Gasteiger partial charge in [0.1, 0.15) is 12.3 Å². The second-order valence-corrected chi connectivity index (χ2v) is 5.82. The van der Waals surface area contributed by atoms with Gasteiger partial charge in [0.15, 0.2) is 0 Å². The Morgan fingerprint density at radius 1 is 1.45 bits per heavy atom. The van der Waals surface area contributed by atoms with Crippen LogP contribution >= 0.6 is 15.9 Å². The van der Waals surface area contributed by atoms with Crippen molar-refractivity contribution in [3.8, 4) is 0 Å². The van der Waals surface area contributed by atoms with Crippen molar-refractivity contribution in [2.75, 3.05) is 39.0 Å². The highest BCUT2D eigenvalue weighted by Gasteiger charge is 2.30. The standard InChI is InChI=1S/C14H18BrN3O2/c1-16-13-4-3-10(15)7-12(13)14(20)18-6-5-17(2)8-11(18)9-19/h3-4,7,9,11,16H,5-6,8H2,1-2H3. The smallest absolute Gasteiger partial charge is 0.256 e. The molecule has 1 atom stereocenters. The number of nitrogens with one attached hydrogen (secondary N) is 1. The van der Waals surface area contributed by atoms with E-state index in [-0.39, 0.29) is 11.9 Å². The normalized spacial score (nSPS) is 19.8. The predicted octanol–water partition coefficient (Wildman–Crippen LogP) is 1.45. The van der Waals surface area contributed by atoms with Gasteiger partial charge in [-0.1, -0.05) is 15.9 Å². The van der Waals surface area contributed by atoms with Crippen molar-refractivity contribution in [1.29, 1.82) is 0 Å². The molecule has 5 nitrogen and oxygen atoms in total. The SMILES string of the molecule is CNc1ccc(Br)cc1C(=O)N1CCN(C)CC1C=O. The van der Waals surface area contributed by atoms with Crippen LogP contribution in [0, 0.1) is 0 Å². The third-order valence-corrected chi connectivity index (χ3v) is 4.01. The fourth-order valence-corrected chi connectivity index (χ4v) is 2.75. The van der Waals surface area contributed by atoms with Crippen molar-refractivity contribution in [3.63, 3.8) is 0 Å². The Morgan fingerprint density at radius 3 is 2.85 bits per heavy atom. The number of rotatable bonds is 3. The second-order valence-electron chi connectivity index (χ2n) is 4.90. The Balaban J connectivity index is 2.30. The molecule has 0 aromatic heterocycles. The lowest BCUT2D eigenvalue weighted by molar-refractivity contribution is -0.113. The minimum atomic E-state index is -0.384. The third-order valence-electron chi connectivity index (χ3n) is 3.52. The van der Waals surface area contributed by atoms with E-state index >= 15 is 0 Å². The fourth-order valence-electron chi connectivity index (χ4n) is 2.39. The largest absolute Gasteiger partial charge is 0.387 e. The van der Waals surface area contributed by atoms with E-state index in [4.69, 9.17) is 0 Å². The van der Waals surface area contributed by atoms with Gasteiger partial charge in [-0.3, -0.25) is 4.79 Å². The van der Waals surface area contributed by atoms with Gasteiger partial charge < -0.3 is 19.9 Å². The summed E-state index contributed by atoms with van der Waals surface area (Å²) in [7, 11) is 3.73. The minimum Gasteiger partial charge on any atom is -0.387 e. The highest BCUT2D eigenvalue weighted by atomic mass is 79.9. The Morgan fingerprint density at radius 2 is 2.20 bits per heavy atom. The summed E-state index contributed by atoms with van der Waals surface area (Å²) in [5, 5.41) is 3.02. The van der Waals surface area contributed by atoms with Crippen molar-refractivity contribution in [2.24, 2.45) is 0 Å². The van der Waals surface area contributed by atoms with Gasteiger partial charge in [0.25, 0.3) is 5.91 Å². The van der Waals surface area contributed by atoms with E-state index in [0.29, 0.717) is 18.7 Å². The molecule has 0 bridgehead atoms. The molecule has 2 rings (SSSR count). The summed E-state index contributed by atoms with van der Waals surface area (Å²) in [4.78, 5) is 27.6. The van der Waals surface area contributed by atoms with Gasteiger partial charge in [-0.05, 0) is 25.2 Å². The van der Waals surface area contributed by atoms with E-state index in [1.54, 1.807) is 18.0 Å². The van der Waals surface area contributed by atoms with E-state index in [1.165, 1.54) is 0 Å². The average molecular weight is 340 g/mol. The van der Waals surface area contributed by atoms with Gasteiger partial charge in [0.05, 0.1) is 5.56 Å². The van der Waals surface area contributed by atoms with Crippen LogP contribution in [-0.2, 0) is 4.79 Å². The van der Waals surface area contributed by atoms with E-state index in [1.807, 2.05) is 19.2 Å².